The Morgan fingerprint density at radius 3 is 2.64 bits per heavy atom. The van der Waals surface area contributed by atoms with Crippen LogP contribution in [-0.4, -0.2) is 16.8 Å². The molecule has 2 amide bonds. The summed E-state index contributed by atoms with van der Waals surface area (Å²) in [4.78, 5) is 26.5. The molecule has 0 aliphatic carbocycles. The molecule has 3 aromatic rings. The molecule has 0 aliphatic rings. The maximum atomic E-state index is 12.1. The zero-order valence-corrected chi connectivity index (χ0v) is 12.0. The summed E-state index contributed by atoms with van der Waals surface area (Å²) >= 11 is 0. The number of anilines is 2. The van der Waals surface area contributed by atoms with Crippen LogP contribution in [0, 0.1) is 0 Å². The van der Waals surface area contributed by atoms with Crippen molar-refractivity contribution < 1.29 is 9.59 Å². The number of Topliss-reactive ketones (excluding diaryl/α,β-unsaturated/α-hetero) is 1. The quantitative estimate of drug-likeness (QED) is 0.638. The van der Waals surface area contributed by atoms with Gasteiger partial charge >= 0.3 is 6.03 Å². The minimum absolute atomic E-state index is 0.0410. The van der Waals surface area contributed by atoms with Gasteiger partial charge in [0.05, 0.1) is 5.69 Å². The fraction of sp³-hybridized carbons (Fsp3) is 0.0588. The van der Waals surface area contributed by atoms with Crippen LogP contribution in [0.1, 0.15) is 17.3 Å². The van der Waals surface area contributed by atoms with E-state index in [1.165, 1.54) is 6.92 Å². The Kier molecular flexibility index (Phi) is 3.62. The van der Waals surface area contributed by atoms with Crippen molar-refractivity contribution in [2.24, 2.45) is 0 Å². The van der Waals surface area contributed by atoms with Crippen molar-refractivity contribution in [1.82, 2.24) is 4.98 Å². The van der Waals surface area contributed by atoms with Crippen LogP contribution in [0.15, 0.2) is 54.7 Å². The molecule has 1 heterocycles. The van der Waals surface area contributed by atoms with Crippen molar-refractivity contribution in [2.75, 3.05) is 10.6 Å². The van der Waals surface area contributed by atoms with Gasteiger partial charge in [0.1, 0.15) is 0 Å². The number of benzene rings is 2. The van der Waals surface area contributed by atoms with E-state index in [0.717, 1.165) is 10.9 Å². The maximum Gasteiger partial charge on any atom is 0.323 e. The van der Waals surface area contributed by atoms with Crippen molar-refractivity contribution in [3.05, 3.63) is 60.3 Å². The average molecular weight is 293 g/mol. The second-order valence-electron chi connectivity index (χ2n) is 4.96. The van der Waals surface area contributed by atoms with Gasteiger partial charge in [0.25, 0.3) is 0 Å². The van der Waals surface area contributed by atoms with Gasteiger partial charge in [-0.15, -0.1) is 0 Å². The smallest absolute Gasteiger partial charge is 0.323 e. The molecule has 0 saturated carbocycles. The molecule has 0 atom stereocenters. The molecule has 1 aromatic heterocycles. The monoisotopic (exact) mass is 293 g/mol. The van der Waals surface area contributed by atoms with E-state index in [1.54, 1.807) is 30.5 Å². The van der Waals surface area contributed by atoms with Crippen molar-refractivity contribution in [2.45, 2.75) is 6.92 Å². The number of aromatic nitrogens is 1. The van der Waals surface area contributed by atoms with Gasteiger partial charge in [-0.2, -0.15) is 0 Å². The summed E-state index contributed by atoms with van der Waals surface area (Å²) < 4.78 is 0. The van der Waals surface area contributed by atoms with E-state index < -0.39 is 0 Å². The average Bonchev–Trinajstić information content (AvgIpc) is 2.91. The molecule has 0 fully saturated rings. The zero-order valence-electron chi connectivity index (χ0n) is 12.0. The summed E-state index contributed by atoms with van der Waals surface area (Å²) in [5.41, 5.74) is 2.79. The number of rotatable bonds is 3. The molecule has 0 aliphatic heterocycles. The molecule has 0 bridgehead atoms. The van der Waals surface area contributed by atoms with E-state index >= 15 is 0 Å². The molecule has 5 nitrogen and oxygen atoms in total. The van der Waals surface area contributed by atoms with Gasteiger partial charge in [-0.3, -0.25) is 4.79 Å². The summed E-state index contributed by atoms with van der Waals surface area (Å²) in [6, 6.07) is 14.2. The lowest BCUT2D eigenvalue weighted by atomic mass is 10.1. The number of urea groups is 1. The van der Waals surface area contributed by atoms with Crippen LogP contribution < -0.4 is 10.6 Å². The molecule has 5 heteroatoms. The van der Waals surface area contributed by atoms with Crippen molar-refractivity contribution in [3.8, 4) is 0 Å². The van der Waals surface area contributed by atoms with Gasteiger partial charge in [-0.1, -0.05) is 30.3 Å². The molecule has 3 rings (SSSR count). The normalized spacial score (nSPS) is 10.4. The molecular formula is C17H15N3O2. The summed E-state index contributed by atoms with van der Waals surface area (Å²) in [5, 5.41) is 6.46. The Balaban J connectivity index is 1.75. The number of hydrogen-bond donors (Lipinski definition) is 3. The lowest BCUT2D eigenvalue weighted by Crippen LogP contribution is -2.19. The highest BCUT2D eigenvalue weighted by molar-refractivity contribution is 6.06. The number of carbonyl (C=O) groups excluding carboxylic acids is 2. The first-order valence-electron chi connectivity index (χ1n) is 6.88. The first-order valence-corrected chi connectivity index (χ1v) is 6.88. The fourth-order valence-electron chi connectivity index (χ4n) is 2.28. The van der Waals surface area contributed by atoms with Crippen molar-refractivity contribution in [3.63, 3.8) is 0 Å². The molecule has 0 unspecified atom stereocenters. The number of amides is 2. The first-order chi connectivity index (χ1) is 10.6. The third kappa shape index (κ3) is 2.83. The third-order valence-electron chi connectivity index (χ3n) is 3.36. The Morgan fingerprint density at radius 2 is 1.82 bits per heavy atom. The van der Waals surface area contributed by atoms with Crippen LogP contribution in [0.3, 0.4) is 0 Å². The largest absolute Gasteiger partial charge is 0.359 e. The molecule has 22 heavy (non-hydrogen) atoms. The Hall–Kier alpha value is -3.08. The number of ketones is 1. The minimum Gasteiger partial charge on any atom is -0.359 e. The lowest BCUT2D eigenvalue weighted by Gasteiger charge is -2.07. The third-order valence-corrected chi connectivity index (χ3v) is 3.36. The van der Waals surface area contributed by atoms with Crippen LogP contribution >= 0.6 is 0 Å². The van der Waals surface area contributed by atoms with E-state index in [-0.39, 0.29) is 11.8 Å². The highest BCUT2D eigenvalue weighted by Gasteiger charge is 2.08. The number of carbonyl (C=O) groups is 2. The van der Waals surface area contributed by atoms with E-state index in [2.05, 4.69) is 15.6 Å². The second-order valence-corrected chi connectivity index (χ2v) is 4.96. The highest BCUT2D eigenvalue weighted by Crippen LogP contribution is 2.22. The van der Waals surface area contributed by atoms with E-state index in [0.29, 0.717) is 16.9 Å². The van der Waals surface area contributed by atoms with E-state index in [4.69, 9.17) is 0 Å². The van der Waals surface area contributed by atoms with Crippen LogP contribution in [0.25, 0.3) is 10.9 Å². The van der Waals surface area contributed by atoms with Crippen LogP contribution in [0.2, 0.25) is 0 Å². The topological polar surface area (TPSA) is 74.0 Å². The summed E-state index contributed by atoms with van der Waals surface area (Å²) in [6.07, 6.45) is 1.75. The molecule has 0 spiro atoms. The molecule has 0 radical (unpaired) electrons. The Morgan fingerprint density at radius 1 is 1.00 bits per heavy atom. The standard InChI is InChI=1S/C17H15N3O2/c1-11(21)12-5-4-6-13(9-12)19-17(22)20-16-10-18-15-8-3-2-7-14(15)16/h2-10,18H,1H3,(H2,19,20,22). The van der Waals surface area contributed by atoms with Crippen LogP contribution in [-0.2, 0) is 0 Å². The van der Waals surface area contributed by atoms with E-state index in [9.17, 15) is 9.59 Å². The number of nitrogens with one attached hydrogen (secondary N) is 3. The van der Waals surface area contributed by atoms with Gasteiger partial charge < -0.3 is 15.6 Å². The molecule has 3 N–H and O–H groups in total. The molecular weight excluding hydrogens is 278 g/mol. The molecule has 2 aromatic carbocycles. The van der Waals surface area contributed by atoms with Crippen molar-refractivity contribution in [1.29, 1.82) is 0 Å². The van der Waals surface area contributed by atoms with Gasteiger partial charge in [-0.05, 0) is 25.1 Å². The number of H-pyrrole nitrogens is 1. The van der Waals surface area contributed by atoms with Crippen molar-refractivity contribution >= 4 is 34.1 Å². The maximum absolute atomic E-state index is 12.1. The molecule has 0 saturated heterocycles. The van der Waals surface area contributed by atoms with Gasteiger partial charge in [0.15, 0.2) is 5.78 Å². The highest BCUT2D eigenvalue weighted by atomic mass is 16.2. The summed E-state index contributed by atoms with van der Waals surface area (Å²) in [6.45, 7) is 1.49. The summed E-state index contributed by atoms with van der Waals surface area (Å²) in [5.74, 6) is -0.0410. The van der Waals surface area contributed by atoms with Gasteiger partial charge in [0.2, 0.25) is 0 Å². The molecule has 110 valence electrons. The Bertz CT molecular complexity index is 852. The van der Waals surface area contributed by atoms with Crippen LogP contribution in [0.4, 0.5) is 16.2 Å². The van der Waals surface area contributed by atoms with Gasteiger partial charge in [0, 0.05) is 28.4 Å². The number of fused-ring (bicyclic) bond motifs is 1. The summed E-state index contributed by atoms with van der Waals surface area (Å²) in [7, 11) is 0. The fourth-order valence-corrected chi connectivity index (χ4v) is 2.28. The predicted octanol–water partition coefficient (Wildman–Crippen LogP) is 4.01. The minimum atomic E-state index is -0.356. The second kappa shape index (κ2) is 5.73. The lowest BCUT2D eigenvalue weighted by molar-refractivity contribution is 0.101. The number of aromatic amines is 1. The number of para-hydroxylation sites is 1. The first kappa shape index (κ1) is 13.9. The zero-order chi connectivity index (χ0) is 15.5. The predicted molar refractivity (Wildman–Crippen MR) is 87.4 cm³/mol. The number of hydrogen-bond acceptors (Lipinski definition) is 2. The SMILES string of the molecule is CC(=O)c1cccc(NC(=O)Nc2c[nH]c3ccccc23)c1. The van der Waals surface area contributed by atoms with Gasteiger partial charge in [-0.25, -0.2) is 4.79 Å². The van der Waals surface area contributed by atoms with E-state index in [1.807, 2.05) is 24.3 Å². The Labute approximate surface area is 127 Å². The van der Waals surface area contributed by atoms with Crippen LogP contribution in [0.5, 0.6) is 0 Å².